The number of nitrogens with zero attached hydrogens (tertiary/aromatic N) is 1. The molecule has 0 aliphatic heterocycles. The topological polar surface area (TPSA) is 35.3 Å². The summed E-state index contributed by atoms with van der Waals surface area (Å²) in [6.07, 6.45) is 0. The molecule has 3 nitrogen and oxygen atoms in total. The van der Waals surface area contributed by atoms with Crippen LogP contribution in [-0.2, 0) is 5.33 Å². The molecule has 0 radical (unpaired) electrons. The molecule has 16 heavy (non-hydrogen) atoms. The van der Waals surface area contributed by atoms with Crippen LogP contribution in [-0.4, -0.2) is 12.1 Å². The lowest BCUT2D eigenvalue weighted by Gasteiger charge is -1.99. The Morgan fingerprint density at radius 3 is 2.50 bits per heavy atom. The molecule has 0 unspecified atom stereocenters. The van der Waals surface area contributed by atoms with E-state index < -0.39 is 0 Å². The fourth-order valence-corrected chi connectivity index (χ4v) is 1.93. The fourth-order valence-electron chi connectivity index (χ4n) is 1.41. The predicted molar refractivity (Wildman–Crippen MR) is 65.9 cm³/mol. The van der Waals surface area contributed by atoms with Crippen LogP contribution in [0, 0.1) is 6.92 Å². The maximum atomic E-state index is 5.58. The number of aryl methyl sites for hydroxylation is 1. The minimum atomic E-state index is 0.648. The van der Waals surface area contributed by atoms with Crippen molar-refractivity contribution in [1.29, 1.82) is 0 Å². The largest absolute Gasteiger partial charge is 0.497 e. The molecule has 0 N–H and O–H groups in total. The zero-order valence-corrected chi connectivity index (χ0v) is 10.7. The highest BCUT2D eigenvalue weighted by atomic mass is 79.9. The number of hydrogen-bond acceptors (Lipinski definition) is 3. The zero-order valence-electron chi connectivity index (χ0n) is 9.16. The van der Waals surface area contributed by atoms with E-state index in [2.05, 4.69) is 20.9 Å². The molecular formula is C12H12BrNO2. The summed E-state index contributed by atoms with van der Waals surface area (Å²) in [7, 11) is 1.65. The zero-order chi connectivity index (χ0) is 11.5. The fraction of sp³-hybridized carbons (Fsp3) is 0.250. The molecule has 0 amide bonds. The SMILES string of the molecule is COc1ccc(-c2nc(CBr)c(C)o2)cc1. The van der Waals surface area contributed by atoms with Gasteiger partial charge in [0.1, 0.15) is 11.5 Å². The Hall–Kier alpha value is -1.29. The van der Waals surface area contributed by atoms with E-state index in [1.54, 1.807) is 7.11 Å². The van der Waals surface area contributed by atoms with Gasteiger partial charge in [0.05, 0.1) is 12.8 Å². The van der Waals surface area contributed by atoms with Gasteiger partial charge < -0.3 is 9.15 Å². The summed E-state index contributed by atoms with van der Waals surface area (Å²) in [6.45, 7) is 1.91. The lowest BCUT2D eigenvalue weighted by Crippen LogP contribution is -1.83. The van der Waals surface area contributed by atoms with Crippen LogP contribution in [0.5, 0.6) is 5.75 Å². The highest BCUT2D eigenvalue weighted by molar-refractivity contribution is 9.08. The van der Waals surface area contributed by atoms with Gasteiger partial charge in [0.15, 0.2) is 0 Å². The number of rotatable bonds is 3. The molecule has 0 saturated carbocycles. The summed E-state index contributed by atoms with van der Waals surface area (Å²) in [5, 5.41) is 0.707. The highest BCUT2D eigenvalue weighted by Gasteiger charge is 2.09. The normalized spacial score (nSPS) is 10.4. The third kappa shape index (κ3) is 2.11. The van der Waals surface area contributed by atoms with Crippen molar-refractivity contribution in [3.8, 4) is 17.2 Å². The van der Waals surface area contributed by atoms with Crippen molar-refractivity contribution in [2.24, 2.45) is 0 Å². The Labute approximate surface area is 103 Å². The molecule has 1 aromatic heterocycles. The second-order valence-corrected chi connectivity index (χ2v) is 3.94. The molecule has 0 atom stereocenters. The van der Waals surface area contributed by atoms with E-state index in [9.17, 15) is 0 Å². The summed E-state index contributed by atoms with van der Waals surface area (Å²) in [5.41, 5.74) is 1.89. The first-order valence-corrected chi connectivity index (χ1v) is 6.03. The molecule has 4 heteroatoms. The van der Waals surface area contributed by atoms with Gasteiger partial charge in [-0.05, 0) is 31.2 Å². The maximum Gasteiger partial charge on any atom is 0.226 e. The van der Waals surface area contributed by atoms with Crippen LogP contribution in [0.4, 0.5) is 0 Å². The van der Waals surface area contributed by atoms with Crippen molar-refractivity contribution in [2.75, 3.05) is 7.11 Å². The van der Waals surface area contributed by atoms with Gasteiger partial charge >= 0.3 is 0 Å². The Kier molecular flexibility index (Phi) is 3.29. The highest BCUT2D eigenvalue weighted by Crippen LogP contribution is 2.24. The molecule has 0 bridgehead atoms. The van der Waals surface area contributed by atoms with E-state index in [1.165, 1.54) is 0 Å². The van der Waals surface area contributed by atoms with E-state index in [1.807, 2.05) is 31.2 Å². The monoisotopic (exact) mass is 281 g/mol. The molecule has 0 fully saturated rings. The second kappa shape index (κ2) is 4.70. The van der Waals surface area contributed by atoms with Crippen LogP contribution >= 0.6 is 15.9 Å². The molecule has 84 valence electrons. The van der Waals surface area contributed by atoms with Crippen LogP contribution < -0.4 is 4.74 Å². The molecule has 2 aromatic rings. The lowest BCUT2D eigenvalue weighted by molar-refractivity contribution is 0.415. The maximum absolute atomic E-state index is 5.58. The van der Waals surface area contributed by atoms with Gasteiger partial charge in [-0.15, -0.1) is 0 Å². The smallest absolute Gasteiger partial charge is 0.226 e. The Balaban J connectivity index is 2.34. The number of benzene rings is 1. The van der Waals surface area contributed by atoms with E-state index in [0.29, 0.717) is 11.2 Å². The summed E-state index contributed by atoms with van der Waals surface area (Å²) in [5.74, 6) is 2.32. The summed E-state index contributed by atoms with van der Waals surface area (Å²) < 4.78 is 10.7. The van der Waals surface area contributed by atoms with Crippen molar-refractivity contribution in [2.45, 2.75) is 12.3 Å². The van der Waals surface area contributed by atoms with E-state index in [0.717, 1.165) is 22.8 Å². The number of aromatic nitrogens is 1. The molecule has 2 rings (SSSR count). The first-order chi connectivity index (χ1) is 7.74. The molecule has 1 heterocycles. The number of ether oxygens (including phenoxy) is 1. The third-order valence-electron chi connectivity index (χ3n) is 2.36. The summed E-state index contributed by atoms with van der Waals surface area (Å²) >= 11 is 3.37. The summed E-state index contributed by atoms with van der Waals surface area (Å²) in [6, 6.07) is 7.65. The summed E-state index contributed by atoms with van der Waals surface area (Å²) in [4.78, 5) is 4.40. The van der Waals surface area contributed by atoms with Gasteiger partial charge in [0.2, 0.25) is 5.89 Å². The van der Waals surface area contributed by atoms with Gasteiger partial charge in [-0.3, -0.25) is 0 Å². The number of hydrogen-bond donors (Lipinski definition) is 0. The first kappa shape index (κ1) is 11.2. The Morgan fingerprint density at radius 1 is 1.31 bits per heavy atom. The molecular weight excluding hydrogens is 270 g/mol. The van der Waals surface area contributed by atoms with E-state index in [-0.39, 0.29) is 0 Å². The van der Waals surface area contributed by atoms with Crippen molar-refractivity contribution >= 4 is 15.9 Å². The van der Waals surface area contributed by atoms with Gasteiger partial charge in [-0.2, -0.15) is 0 Å². The van der Waals surface area contributed by atoms with Gasteiger partial charge in [0.25, 0.3) is 0 Å². The van der Waals surface area contributed by atoms with E-state index >= 15 is 0 Å². The van der Waals surface area contributed by atoms with Crippen LogP contribution in [0.3, 0.4) is 0 Å². The standard InChI is InChI=1S/C12H12BrNO2/c1-8-11(7-13)14-12(16-8)9-3-5-10(15-2)6-4-9/h3-6H,7H2,1-2H3. The number of oxazole rings is 1. The lowest BCUT2D eigenvalue weighted by atomic mass is 10.2. The van der Waals surface area contributed by atoms with Crippen molar-refractivity contribution < 1.29 is 9.15 Å². The van der Waals surface area contributed by atoms with Crippen molar-refractivity contribution in [3.05, 3.63) is 35.7 Å². The van der Waals surface area contributed by atoms with Crippen LogP contribution in [0.1, 0.15) is 11.5 Å². The predicted octanol–water partition coefficient (Wildman–Crippen LogP) is 3.55. The number of halogens is 1. The molecule has 0 saturated heterocycles. The molecule has 1 aromatic carbocycles. The minimum absolute atomic E-state index is 0.648. The minimum Gasteiger partial charge on any atom is -0.497 e. The quantitative estimate of drug-likeness (QED) is 0.807. The van der Waals surface area contributed by atoms with Crippen molar-refractivity contribution in [1.82, 2.24) is 4.98 Å². The average molecular weight is 282 g/mol. The molecule has 0 aliphatic carbocycles. The molecule has 0 aliphatic rings. The first-order valence-electron chi connectivity index (χ1n) is 4.91. The third-order valence-corrected chi connectivity index (χ3v) is 2.89. The van der Waals surface area contributed by atoms with Crippen LogP contribution in [0.25, 0.3) is 11.5 Å². The average Bonchev–Trinajstić information content (AvgIpc) is 2.71. The Bertz CT molecular complexity index is 476. The van der Waals surface area contributed by atoms with Gasteiger partial charge in [-0.25, -0.2) is 4.98 Å². The van der Waals surface area contributed by atoms with E-state index in [4.69, 9.17) is 9.15 Å². The number of alkyl halides is 1. The van der Waals surface area contributed by atoms with Crippen molar-refractivity contribution in [3.63, 3.8) is 0 Å². The Morgan fingerprint density at radius 2 is 2.00 bits per heavy atom. The van der Waals surface area contributed by atoms with Gasteiger partial charge in [0, 0.05) is 10.9 Å². The van der Waals surface area contributed by atoms with Gasteiger partial charge in [-0.1, -0.05) is 15.9 Å². The van der Waals surface area contributed by atoms with Crippen LogP contribution in [0.15, 0.2) is 28.7 Å². The van der Waals surface area contributed by atoms with Crippen LogP contribution in [0.2, 0.25) is 0 Å². The second-order valence-electron chi connectivity index (χ2n) is 3.38. The number of methoxy groups -OCH3 is 1. The molecule has 0 spiro atoms.